The van der Waals surface area contributed by atoms with Gasteiger partial charge in [-0.05, 0) is 17.7 Å². The van der Waals surface area contributed by atoms with Gasteiger partial charge in [0.1, 0.15) is 0 Å². The summed E-state index contributed by atoms with van der Waals surface area (Å²) in [7, 11) is 0. The summed E-state index contributed by atoms with van der Waals surface area (Å²) in [6.45, 7) is 0.921. The third kappa shape index (κ3) is 4.72. The highest BCUT2D eigenvalue weighted by atomic mass is 32.1. The number of carbonyl (C=O) groups excluding carboxylic acids is 3. The van der Waals surface area contributed by atoms with Gasteiger partial charge in [0.15, 0.2) is 5.01 Å². The molecule has 0 bridgehead atoms. The van der Waals surface area contributed by atoms with Crippen LogP contribution in [0.5, 0.6) is 0 Å². The lowest BCUT2D eigenvalue weighted by Crippen LogP contribution is -2.44. The Bertz CT molecular complexity index is 1130. The van der Waals surface area contributed by atoms with Crippen LogP contribution < -0.4 is 16.4 Å². The third-order valence-corrected chi connectivity index (χ3v) is 5.99. The van der Waals surface area contributed by atoms with Crippen LogP contribution in [0.4, 0.5) is 11.4 Å². The van der Waals surface area contributed by atoms with E-state index in [1.54, 1.807) is 24.3 Å². The van der Waals surface area contributed by atoms with Gasteiger partial charge >= 0.3 is 11.8 Å². The zero-order valence-electron chi connectivity index (χ0n) is 16.6. The highest BCUT2D eigenvalue weighted by Gasteiger charge is 2.29. The average molecular weight is 436 g/mol. The largest absolute Gasteiger partial charge is 0.397 e. The Labute approximate surface area is 183 Å². The van der Waals surface area contributed by atoms with Crippen molar-refractivity contribution in [2.24, 2.45) is 0 Å². The fourth-order valence-corrected chi connectivity index (χ4v) is 4.27. The Hall–Kier alpha value is -3.72. The van der Waals surface area contributed by atoms with Crippen LogP contribution >= 0.6 is 11.3 Å². The van der Waals surface area contributed by atoms with Gasteiger partial charge in [-0.25, -0.2) is 4.98 Å². The van der Waals surface area contributed by atoms with E-state index >= 15 is 0 Å². The standard InChI is InChI=1S/C22H21N5O3S/c23-15-8-4-5-9-16(15)25-19(28)21-26-17-10-11-27(13-18(17)31-21)22(30)20(29)24-12-14-6-2-1-3-7-14/h1-9H,10-13,23H2,(H,24,29)(H,25,28). The van der Waals surface area contributed by atoms with Gasteiger partial charge in [0.05, 0.1) is 23.6 Å². The highest BCUT2D eigenvalue weighted by molar-refractivity contribution is 7.13. The number of fused-ring (bicyclic) bond motifs is 1. The van der Waals surface area contributed by atoms with Crippen LogP contribution in [0.1, 0.15) is 25.9 Å². The number of benzene rings is 2. The fraction of sp³-hybridized carbons (Fsp3) is 0.182. The molecule has 3 aromatic rings. The van der Waals surface area contributed by atoms with Crippen molar-refractivity contribution in [3.63, 3.8) is 0 Å². The number of carbonyl (C=O) groups is 3. The first-order valence-corrected chi connectivity index (χ1v) is 10.6. The molecule has 0 fully saturated rings. The summed E-state index contributed by atoms with van der Waals surface area (Å²) in [5, 5.41) is 5.72. The first-order valence-electron chi connectivity index (χ1n) is 9.76. The minimum atomic E-state index is -0.644. The molecule has 8 nitrogen and oxygen atoms in total. The van der Waals surface area contributed by atoms with E-state index in [0.29, 0.717) is 29.3 Å². The minimum Gasteiger partial charge on any atom is -0.397 e. The number of nitrogens with two attached hydrogens (primary N) is 1. The molecule has 0 atom stereocenters. The molecule has 0 unspecified atom stereocenters. The molecular weight excluding hydrogens is 414 g/mol. The van der Waals surface area contributed by atoms with Crippen LogP contribution in [0.2, 0.25) is 0 Å². The van der Waals surface area contributed by atoms with Crippen LogP contribution in [0, 0.1) is 0 Å². The van der Waals surface area contributed by atoms with Crippen molar-refractivity contribution >= 4 is 40.4 Å². The number of hydrogen-bond acceptors (Lipinski definition) is 6. The van der Waals surface area contributed by atoms with Crippen molar-refractivity contribution < 1.29 is 14.4 Å². The number of amides is 3. The first kappa shape index (κ1) is 20.5. The van der Waals surface area contributed by atoms with Crippen molar-refractivity contribution in [3.05, 3.63) is 75.7 Å². The summed E-state index contributed by atoms with van der Waals surface area (Å²) in [6, 6.07) is 16.4. The Morgan fingerprint density at radius 1 is 1.06 bits per heavy atom. The number of rotatable bonds is 4. The maximum atomic E-state index is 12.6. The van der Waals surface area contributed by atoms with E-state index in [-0.39, 0.29) is 19.0 Å². The summed E-state index contributed by atoms with van der Waals surface area (Å²) >= 11 is 1.22. The molecule has 1 aliphatic rings. The van der Waals surface area contributed by atoms with E-state index in [9.17, 15) is 14.4 Å². The zero-order chi connectivity index (χ0) is 21.8. The lowest BCUT2D eigenvalue weighted by Gasteiger charge is -2.25. The summed E-state index contributed by atoms with van der Waals surface area (Å²) in [4.78, 5) is 44.1. The number of nitrogens with zero attached hydrogens (tertiary/aromatic N) is 2. The Balaban J connectivity index is 1.38. The van der Waals surface area contributed by atoms with Gasteiger partial charge < -0.3 is 21.3 Å². The molecule has 0 saturated carbocycles. The lowest BCUT2D eigenvalue weighted by molar-refractivity contribution is -0.146. The summed E-state index contributed by atoms with van der Waals surface area (Å²) in [5.74, 6) is -1.58. The number of nitrogen functional groups attached to an aromatic ring is 1. The molecule has 0 radical (unpaired) electrons. The summed E-state index contributed by atoms with van der Waals surface area (Å²) < 4.78 is 0. The van der Waals surface area contributed by atoms with Crippen LogP contribution in [0.15, 0.2) is 54.6 Å². The molecule has 3 amide bonds. The molecule has 9 heteroatoms. The molecule has 31 heavy (non-hydrogen) atoms. The van der Waals surface area contributed by atoms with Crippen molar-refractivity contribution in [2.75, 3.05) is 17.6 Å². The van der Waals surface area contributed by atoms with Crippen LogP contribution in [0.3, 0.4) is 0 Å². The first-order chi connectivity index (χ1) is 15.0. The second-order valence-corrected chi connectivity index (χ2v) is 8.16. The quantitative estimate of drug-likeness (QED) is 0.429. The molecule has 1 aliphatic heterocycles. The lowest BCUT2D eigenvalue weighted by atomic mass is 10.1. The van der Waals surface area contributed by atoms with E-state index in [2.05, 4.69) is 15.6 Å². The van der Waals surface area contributed by atoms with E-state index in [1.807, 2.05) is 30.3 Å². The fourth-order valence-electron chi connectivity index (χ4n) is 3.25. The van der Waals surface area contributed by atoms with Gasteiger partial charge in [0, 0.05) is 24.4 Å². The smallest absolute Gasteiger partial charge is 0.312 e. The molecule has 0 saturated heterocycles. The van der Waals surface area contributed by atoms with Crippen LogP contribution in [-0.2, 0) is 29.1 Å². The topological polar surface area (TPSA) is 117 Å². The Kier molecular flexibility index (Phi) is 5.94. The van der Waals surface area contributed by atoms with Crippen molar-refractivity contribution in [1.82, 2.24) is 15.2 Å². The molecule has 1 aromatic heterocycles. The van der Waals surface area contributed by atoms with E-state index in [4.69, 9.17) is 5.73 Å². The Morgan fingerprint density at radius 2 is 1.81 bits per heavy atom. The van der Waals surface area contributed by atoms with E-state index in [0.717, 1.165) is 16.1 Å². The van der Waals surface area contributed by atoms with Crippen LogP contribution in [0.25, 0.3) is 0 Å². The van der Waals surface area contributed by atoms with Gasteiger partial charge in [-0.1, -0.05) is 42.5 Å². The number of anilines is 2. The predicted octanol–water partition coefficient (Wildman–Crippen LogP) is 2.18. The second-order valence-electron chi connectivity index (χ2n) is 7.08. The second kappa shape index (κ2) is 8.97. The maximum absolute atomic E-state index is 12.6. The van der Waals surface area contributed by atoms with Crippen LogP contribution in [-0.4, -0.2) is 34.2 Å². The molecule has 2 aromatic carbocycles. The number of aromatic nitrogens is 1. The summed E-state index contributed by atoms with van der Waals surface area (Å²) in [6.07, 6.45) is 0.490. The van der Waals surface area contributed by atoms with Gasteiger partial charge in [-0.3, -0.25) is 14.4 Å². The summed E-state index contributed by atoms with van der Waals surface area (Å²) in [5.41, 5.74) is 8.56. The van der Waals surface area contributed by atoms with Gasteiger partial charge in [0.25, 0.3) is 5.91 Å². The molecule has 0 aliphatic carbocycles. The van der Waals surface area contributed by atoms with Crippen molar-refractivity contribution in [2.45, 2.75) is 19.5 Å². The molecule has 0 spiro atoms. The molecular formula is C22H21N5O3S. The predicted molar refractivity (Wildman–Crippen MR) is 118 cm³/mol. The highest BCUT2D eigenvalue weighted by Crippen LogP contribution is 2.26. The zero-order valence-corrected chi connectivity index (χ0v) is 17.4. The Morgan fingerprint density at radius 3 is 2.58 bits per heavy atom. The molecule has 2 heterocycles. The van der Waals surface area contributed by atoms with Gasteiger partial charge in [0.2, 0.25) is 0 Å². The number of thiazole rings is 1. The molecule has 158 valence electrons. The van der Waals surface area contributed by atoms with Gasteiger partial charge in [-0.15, -0.1) is 11.3 Å². The van der Waals surface area contributed by atoms with E-state index in [1.165, 1.54) is 16.2 Å². The normalized spacial score (nSPS) is 12.7. The molecule has 4 N–H and O–H groups in total. The molecule has 4 rings (SSSR count). The van der Waals surface area contributed by atoms with Gasteiger partial charge in [-0.2, -0.15) is 0 Å². The van der Waals surface area contributed by atoms with E-state index < -0.39 is 11.8 Å². The third-order valence-electron chi connectivity index (χ3n) is 4.91. The SMILES string of the molecule is Nc1ccccc1NC(=O)c1nc2c(s1)CN(C(=O)C(=O)NCc1ccccc1)CC2. The number of hydrogen-bond donors (Lipinski definition) is 3. The van der Waals surface area contributed by atoms with Crippen molar-refractivity contribution in [3.8, 4) is 0 Å². The average Bonchev–Trinajstić information content (AvgIpc) is 3.23. The minimum absolute atomic E-state index is 0.255. The maximum Gasteiger partial charge on any atom is 0.312 e. The number of nitrogens with one attached hydrogen (secondary N) is 2. The monoisotopic (exact) mass is 435 g/mol. The number of para-hydroxylation sites is 2. The van der Waals surface area contributed by atoms with Crippen molar-refractivity contribution in [1.29, 1.82) is 0 Å².